The van der Waals surface area contributed by atoms with Crippen molar-refractivity contribution >= 4 is 17.6 Å². The summed E-state index contributed by atoms with van der Waals surface area (Å²) in [6.45, 7) is 2.84. The normalized spacial score (nSPS) is 18.7. The zero-order valence-electron chi connectivity index (χ0n) is 13.0. The number of nitrogens with one attached hydrogen (secondary N) is 2. The molecule has 1 saturated heterocycles. The quantitative estimate of drug-likeness (QED) is 0.693. The van der Waals surface area contributed by atoms with Gasteiger partial charge in [0.2, 0.25) is 0 Å². The number of hydrogen-bond acceptors (Lipinski definition) is 3. The Hall–Kier alpha value is -1.37. The van der Waals surface area contributed by atoms with Gasteiger partial charge in [-0.2, -0.15) is 0 Å². The highest BCUT2D eigenvalue weighted by atomic mass is 35.5. The molecule has 1 aliphatic heterocycles. The second kappa shape index (κ2) is 9.05. The summed E-state index contributed by atoms with van der Waals surface area (Å²) >= 11 is 6.07. The van der Waals surface area contributed by atoms with Crippen LogP contribution in [0.3, 0.4) is 0 Å². The predicted octanol–water partition coefficient (Wildman–Crippen LogP) is 2.13. The lowest BCUT2D eigenvalue weighted by atomic mass is 10.0. The number of piperidine rings is 1. The molecule has 0 aromatic heterocycles. The molecule has 0 bridgehead atoms. The third-order valence-corrected chi connectivity index (χ3v) is 4.22. The molecule has 0 aliphatic carbocycles. The Morgan fingerprint density at radius 3 is 3.04 bits per heavy atom. The molecule has 1 atom stereocenters. The van der Waals surface area contributed by atoms with E-state index in [1.54, 1.807) is 6.07 Å². The van der Waals surface area contributed by atoms with Crippen LogP contribution in [0.5, 0.6) is 0 Å². The van der Waals surface area contributed by atoms with Crippen molar-refractivity contribution < 1.29 is 14.3 Å². The van der Waals surface area contributed by atoms with Gasteiger partial charge in [-0.3, -0.25) is 4.90 Å². The smallest absolute Gasteiger partial charge is 0.315 e. The maximum absolute atomic E-state index is 13.1. The monoisotopic (exact) mass is 343 g/mol. The van der Waals surface area contributed by atoms with Crippen molar-refractivity contribution in [1.82, 2.24) is 15.5 Å². The first-order chi connectivity index (χ1) is 11.1. The van der Waals surface area contributed by atoms with E-state index in [4.69, 9.17) is 16.7 Å². The van der Waals surface area contributed by atoms with Gasteiger partial charge in [-0.1, -0.05) is 17.7 Å². The number of aliphatic hydroxyl groups is 1. The zero-order valence-corrected chi connectivity index (χ0v) is 13.8. The van der Waals surface area contributed by atoms with Gasteiger partial charge in [-0.25, -0.2) is 9.18 Å². The number of halogens is 2. The van der Waals surface area contributed by atoms with E-state index in [1.165, 1.54) is 12.1 Å². The molecule has 128 valence electrons. The third-order valence-electron chi connectivity index (χ3n) is 3.87. The summed E-state index contributed by atoms with van der Waals surface area (Å²) in [4.78, 5) is 14.0. The van der Waals surface area contributed by atoms with E-state index in [1.807, 2.05) is 0 Å². The minimum absolute atomic E-state index is 0.0654. The number of likely N-dealkylation sites (tertiary alicyclic amines) is 1. The van der Waals surface area contributed by atoms with Crippen LogP contribution in [0.2, 0.25) is 5.02 Å². The molecule has 23 heavy (non-hydrogen) atoms. The molecule has 2 amide bonds. The molecule has 1 fully saturated rings. The molecular weight excluding hydrogens is 321 g/mol. The van der Waals surface area contributed by atoms with Crippen LogP contribution in [-0.4, -0.2) is 48.3 Å². The lowest BCUT2D eigenvalue weighted by Gasteiger charge is -2.33. The first-order valence-electron chi connectivity index (χ1n) is 7.90. The van der Waals surface area contributed by atoms with Crippen LogP contribution >= 0.6 is 11.6 Å². The highest BCUT2D eigenvalue weighted by Crippen LogP contribution is 2.21. The lowest BCUT2D eigenvalue weighted by Crippen LogP contribution is -2.50. The fraction of sp³-hybridized carbons (Fsp3) is 0.562. The Bertz CT molecular complexity index is 530. The van der Waals surface area contributed by atoms with Crippen molar-refractivity contribution in [3.63, 3.8) is 0 Å². The Morgan fingerprint density at radius 2 is 2.30 bits per heavy atom. The third kappa shape index (κ3) is 5.97. The number of amides is 2. The molecule has 1 aliphatic rings. The van der Waals surface area contributed by atoms with Gasteiger partial charge >= 0.3 is 6.03 Å². The number of aliphatic hydroxyl groups excluding tert-OH is 1. The Morgan fingerprint density at radius 1 is 1.48 bits per heavy atom. The fourth-order valence-corrected chi connectivity index (χ4v) is 2.95. The van der Waals surface area contributed by atoms with E-state index in [0.29, 0.717) is 24.5 Å². The van der Waals surface area contributed by atoms with Crippen molar-refractivity contribution in [3.05, 3.63) is 34.6 Å². The minimum atomic E-state index is -0.337. The van der Waals surface area contributed by atoms with Crippen LogP contribution in [0.15, 0.2) is 18.2 Å². The van der Waals surface area contributed by atoms with E-state index in [2.05, 4.69) is 15.5 Å². The van der Waals surface area contributed by atoms with Crippen LogP contribution in [0, 0.1) is 5.82 Å². The maximum atomic E-state index is 13.1. The van der Waals surface area contributed by atoms with E-state index in [9.17, 15) is 9.18 Å². The lowest BCUT2D eigenvalue weighted by molar-refractivity contribution is 0.180. The zero-order chi connectivity index (χ0) is 16.7. The summed E-state index contributed by atoms with van der Waals surface area (Å²) in [5.74, 6) is -0.337. The standard InChI is InChI=1S/C16H23ClFN3O2/c17-15-9-13(18)5-4-12(15)10-21-7-1-3-14(11-21)20-16(23)19-6-2-8-22/h4-5,9,14,22H,1-3,6-8,10-11H2,(H2,19,20,23). The second-order valence-electron chi connectivity index (χ2n) is 5.79. The molecule has 3 N–H and O–H groups in total. The average Bonchev–Trinajstić information content (AvgIpc) is 2.51. The molecular formula is C16H23ClFN3O2. The molecule has 5 nitrogen and oxygen atoms in total. The SMILES string of the molecule is O=C(NCCCO)NC1CCCN(Cc2ccc(F)cc2Cl)C1. The van der Waals surface area contributed by atoms with Crippen molar-refractivity contribution in [2.45, 2.75) is 31.8 Å². The molecule has 1 aromatic rings. The number of urea groups is 1. The molecule has 1 aromatic carbocycles. The van der Waals surface area contributed by atoms with E-state index < -0.39 is 0 Å². The van der Waals surface area contributed by atoms with Crippen LogP contribution in [-0.2, 0) is 6.54 Å². The minimum Gasteiger partial charge on any atom is -0.396 e. The van der Waals surface area contributed by atoms with Gasteiger partial charge < -0.3 is 15.7 Å². The van der Waals surface area contributed by atoms with Crippen molar-refractivity contribution in [3.8, 4) is 0 Å². The molecule has 1 unspecified atom stereocenters. The van der Waals surface area contributed by atoms with Crippen LogP contribution < -0.4 is 10.6 Å². The van der Waals surface area contributed by atoms with Gasteiger partial charge in [0, 0.05) is 37.3 Å². The molecule has 7 heteroatoms. The predicted molar refractivity (Wildman–Crippen MR) is 87.9 cm³/mol. The number of nitrogens with zero attached hydrogens (tertiary/aromatic N) is 1. The molecule has 1 heterocycles. The summed E-state index contributed by atoms with van der Waals surface area (Å²) in [6.07, 6.45) is 2.47. The summed E-state index contributed by atoms with van der Waals surface area (Å²) in [7, 11) is 0. The average molecular weight is 344 g/mol. The Kier molecular flexibility index (Phi) is 7.08. The number of benzene rings is 1. The van der Waals surface area contributed by atoms with Crippen LogP contribution in [0.4, 0.5) is 9.18 Å². The highest BCUT2D eigenvalue weighted by molar-refractivity contribution is 6.31. The van der Waals surface area contributed by atoms with Gasteiger partial charge in [0.15, 0.2) is 0 Å². The van der Waals surface area contributed by atoms with Gasteiger partial charge in [-0.15, -0.1) is 0 Å². The van der Waals surface area contributed by atoms with E-state index >= 15 is 0 Å². The first-order valence-corrected chi connectivity index (χ1v) is 8.28. The number of carbonyl (C=O) groups excluding carboxylic acids is 1. The Labute approximate surface area is 140 Å². The molecule has 0 saturated carbocycles. The van der Waals surface area contributed by atoms with Gasteiger partial charge in [-0.05, 0) is 43.5 Å². The van der Waals surface area contributed by atoms with Gasteiger partial charge in [0.05, 0.1) is 0 Å². The summed E-state index contributed by atoms with van der Waals surface area (Å²) in [5, 5.41) is 14.8. The summed E-state index contributed by atoms with van der Waals surface area (Å²) in [6, 6.07) is 4.32. The van der Waals surface area contributed by atoms with E-state index in [0.717, 1.165) is 31.5 Å². The highest BCUT2D eigenvalue weighted by Gasteiger charge is 2.21. The topological polar surface area (TPSA) is 64.6 Å². The largest absolute Gasteiger partial charge is 0.396 e. The number of rotatable bonds is 6. The number of carbonyl (C=O) groups is 1. The fourth-order valence-electron chi connectivity index (χ4n) is 2.73. The molecule has 0 radical (unpaired) electrons. The summed E-state index contributed by atoms with van der Waals surface area (Å²) in [5.41, 5.74) is 0.890. The van der Waals surface area contributed by atoms with Crippen molar-refractivity contribution in [2.24, 2.45) is 0 Å². The second-order valence-corrected chi connectivity index (χ2v) is 6.19. The van der Waals surface area contributed by atoms with Crippen molar-refractivity contribution in [2.75, 3.05) is 26.2 Å². The Balaban J connectivity index is 1.82. The van der Waals surface area contributed by atoms with Gasteiger partial charge in [0.1, 0.15) is 5.82 Å². The van der Waals surface area contributed by atoms with Crippen LogP contribution in [0.1, 0.15) is 24.8 Å². The molecule has 0 spiro atoms. The molecule has 2 rings (SSSR count). The van der Waals surface area contributed by atoms with E-state index in [-0.39, 0.29) is 24.5 Å². The maximum Gasteiger partial charge on any atom is 0.315 e. The van der Waals surface area contributed by atoms with Crippen molar-refractivity contribution in [1.29, 1.82) is 0 Å². The van der Waals surface area contributed by atoms with Crippen LogP contribution in [0.25, 0.3) is 0 Å². The summed E-state index contributed by atoms with van der Waals surface area (Å²) < 4.78 is 13.1. The van der Waals surface area contributed by atoms with Gasteiger partial charge in [0.25, 0.3) is 0 Å². The first kappa shape index (κ1) is 18.0. The number of hydrogen-bond donors (Lipinski definition) is 3.